The first-order valence-electron chi connectivity index (χ1n) is 4.52. The second kappa shape index (κ2) is 3.77. The topological polar surface area (TPSA) is 57.7 Å². The van der Waals surface area contributed by atoms with E-state index in [9.17, 15) is 14.4 Å². The number of rotatable bonds is 3. The van der Waals surface area contributed by atoms with Crippen molar-refractivity contribution in [3.63, 3.8) is 0 Å². The van der Waals surface area contributed by atoms with Gasteiger partial charge in [-0.3, -0.25) is 9.69 Å². The largest absolute Gasteiger partial charge is 0.327 e. The van der Waals surface area contributed by atoms with Gasteiger partial charge in [0.2, 0.25) is 0 Å². The first kappa shape index (κ1) is 10.7. The zero-order chi connectivity index (χ0) is 10.9. The molecule has 1 unspecified atom stereocenters. The number of hydrogen-bond donors (Lipinski definition) is 0. The number of nitrogens with zero attached hydrogens (tertiary/aromatic N) is 2. The highest BCUT2D eigenvalue weighted by molar-refractivity contribution is 6.04. The van der Waals surface area contributed by atoms with E-state index in [-0.39, 0.29) is 24.4 Å². The zero-order valence-electron chi connectivity index (χ0n) is 8.56. The third kappa shape index (κ3) is 1.49. The lowest BCUT2D eigenvalue weighted by Crippen LogP contribution is -2.39. The van der Waals surface area contributed by atoms with Crippen LogP contribution in [-0.2, 0) is 9.59 Å². The van der Waals surface area contributed by atoms with Gasteiger partial charge in [-0.05, 0) is 5.92 Å². The van der Waals surface area contributed by atoms with E-state index in [0.29, 0.717) is 6.29 Å². The van der Waals surface area contributed by atoms with Crippen molar-refractivity contribution in [3.8, 4) is 0 Å². The molecule has 0 bridgehead atoms. The summed E-state index contributed by atoms with van der Waals surface area (Å²) in [6.07, 6.45) is 0.639. The molecule has 1 aliphatic heterocycles. The number of imide groups is 1. The molecule has 14 heavy (non-hydrogen) atoms. The number of carbonyl (C=O) groups is 3. The predicted molar refractivity (Wildman–Crippen MR) is 49.6 cm³/mol. The summed E-state index contributed by atoms with van der Waals surface area (Å²) in [7, 11) is 1.44. The third-order valence-electron chi connectivity index (χ3n) is 2.35. The van der Waals surface area contributed by atoms with E-state index in [0.717, 1.165) is 4.90 Å². The summed E-state index contributed by atoms with van der Waals surface area (Å²) in [5, 5.41) is 0. The molecule has 0 aromatic heterocycles. The lowest BCUT2D eigenvalue weighted by atomic mass is 10.0. The van der Waals surface area contributed by atoms with E-state index in [2.05, 4.69) is 0 Å². The van der Waals surface area contributed by atoms with E-state index < -0.39 is 6.04 Å². The third-order valence-corrected chi connectivity index (χ3v) is 2.35. The van der Waals surface area contributed by atoms with Crippen LogP contribution in [0.4, 0.5) is 4.79 Å². The maximum Gasteiger partial charge on any atom is 0.327 e. The van der Waals surface area contributed by atoms with Crippen molar-refractivity contribution in [2.75, 3.05) is 13.6 Å². The molecule has 1 saturated heterocycles. The minimum Gasteiger partial charge on any atom is -0.305 e. The number of aldehydes is 1. The SMILES string of the molecule is CC(C)C1C(=O)N(C)C(=O)N1CC=O. The fraction of sp³-hybridized carbons (Fsp3) is 0.667. The van der Waals surface area contributed by atoms with Crippen LogP contribution in [0.15, 0.2) is 0 Å². The van der Waals surface area contributed by atoms with Crippen molar-refractivity contribution in [1.82, 2.24) is 9.80 Å². The Morgan fingerprint density at radius 3 is 2.43 bits per heavy atom. The van der Waals surface area contributed by atoms with Gasteiger partial charge in [0, 0.05) is 7.05 Å². The molecule has 0 spiro atoms. The fourth-order valence-electron chi connectivity index (χ4n) is 1.65. The van der Waals surface area contributed by atoms with E-state index in [1.54, 1.807) is 0 Å². The van der Waals surface area contributed by atoms with Crippen molar-refractivity contribution in [2.45, 2.75) is 19.9 Å². The maximum atomic E-state index is 11.6. The minimum absolute atomic E-state index is 0.0161. The van der Waals surface area contributed by atoms with Crippen molar-refractivity contribution in [3.05, 3.63) is 0 Å². The first-order valence-corrected chi connectivity index (χ1v) is 4.52. The minimum atomic E-state index is -0.488. The van der Waals surface area contributed by atoms with Crippen LogP contribution >= 0.6 is 0 Å². The molecule has 1 aliphatic rings. The molecular weight excluding hydrogens is 184 g/mol. The quantitative estimate of drug-likeness (QED) is 0.477. The van der Waals surface area contributed by atoms with Crippen LogP contribution in [0.1, 0.15) is 13.8 Å². The Balaban J connectivity index is 2.94. The molecular formula is C9H14N2O3. The predicted octanol–water partition coefficient (Wildman–Crippen LogP) is 0.104. The second-order valence-corrected chi connectivity index (χ2v) is 3.69. The van der Waals surface area contributed by atoms with Crippen LogP contribution in [0.3, 0.4) is 0 Å². The van der Waals surface area contributed by atoms with Crippen molar-refractivity contribution >= 4 is 18.2 Å². The Hall–Kier alpha value is -1.39. The highest BCUT2D eigenvalue weighted by atomic mass is 16.2. The highest BCUT2D eigenvalue weighted by Crippen LogP contribution is 2.21. The van der Waals surface area contributed by atoms with Crippen molar-refractivity contribution < 1.29 is 14.4 Å². The number of likely N-dealkylation sites (N-methyl/N-ethyl adjacent to an activating group) is 1. The molecule has 0 aliphatic carbocycles. The van der Waals surface area contributed by atoms with Crippen LogP contribution in [0, 0.1) is 5.92 Å². The average molecular weight is 198 g/mol. The molecule has 5 heteroatoms. The van der Waals surface area contributed by atoms with Crippen LogP contribution in [0.2, 0.25) is 0 Å². The Morgan fingerprint density at radius 2 is 2.00 bits per heavy atom. The molecule has 1 heterocycles. The summed E-state index contributed by atoms with van der Waals surface area (Å²) in [5.41, 5.74) is 0. The Kier molecular flexibility index (Phi) is 2.88. The number of hydrogen-bond acceptors (Lipinski definition) is 3. The summed E-state index contributed by atoms with van der Waals surface area (Å²) < 4.78 is 0. The lowest BCUT2D eigenvalue weighted by Gasteiger charge is -2.21. The van der Waals surface area contributed by atoms with E-state index in [1.165, 1.54) is 11.9 Å². The molecule has 0 aromatic carbocycles. The Labute approximate surface area is 82.7 Å². The van der Waals surface area contributed by atoms with Crippen LogP contribution < -0.4 is 0 Å². The molecule has 1 atom stereocenters. The molecule has 3 amide bonds. The number of carbonyl (C=O) groups excluding carboxylic acids is 3. The monoisotopic (exact) mass is 198 g/mol. The highest BCUT2D eigenvalue weighted by Gasteiger charge is 2.44. The molecule has 78 valence electrons. The van der Waals surface area contributed by atoms with Gasteiger partial charge in [0.05, 0.1) is 6.54 Å². The molecule has 0 radical (unpaired) electrons. The van der Waals surface area contributed by atoms with Crippen LogP contribution in [0.25, 0.3) is 0 Å². The Bertz CT molecular complexity index is 275. The smallest absolute Gasteiger partial charge is 0.305 e. The first-order chi connectivity index (χ1) is 6.50. The molecule has 5 nitrogen and oxygen atoms in total. The summed E-state index contributed by atoms with van der Waals surface area (Å²) in [6, 6.07) is -0.876. The maximum absolute atomic E-state index is 11.6. The van der Waals surface area contributed by atoms with Crippen molar-refractivity contribution in [1.29, 1.82) is 0 Å². The van der Waals surface area contributed by atoms with Gasteiger partial charge in [-0.1, -0.05) is 13.8 Å². The van der Waals surface area contributed by atoms with Gasteiger partial charge in [-0.2, -0.15) is 0 Å². The normalized spacial score (nSPS) is 22.4. The average Bonchev–Trinajstić information content (AvgIpc) is 2.32. The van der Waals surface area contributed by atoms with E-state index in [1.807, 2.05) is 13.8 Å². The van der Waals surface area contributed by atoms with E-state index >= 15 is 0 Å². The van der Waals surface area contributed by atoms with Gasteiger partial charge in [-0.15, -0.1) is 0 Å². The molecule has 0 saturated carbocycles. The summed E-state index contributed by atoms with van der Waals surface area (Å²) in [5.74, 6) is -0.205. The standard InChI is InChI=1S/C9H14N2O3/c1-6(2)7-8(13)10(3)9(14)11(7)4-5-12/h5-7H,4H2,1-3H3. The van der Waals surface area contributed by atoms with Gasteiger partial charge in [-0.25, -0.2) is 4.79 Å². The van der Waals surface area contributed by atoms with Gasteiger partial charge < -0.3 is 9.69 Å². The van der Waals surface area contributed by atoms with Gasteiger partial charge in [0.25, 0.3) is 5.91 Å². The lowest BCUT2D eigenvalue weighted by molar-refractivity contribution is -0.128. The van der Waals surface area contributed by atoms with Crippen LogP contribution in [-0.4, -0.2) is 47.7 Å². The molecule has 1 rings (SSSR count). The number of amides is 3. The Morgan fingerprint density at radius 1 is 1.43 bits per heavy atom. The fourth-order valence-corrected chi connectivity index (χ4v) is 1.65. The zero-order valence-corrected chi connectivity index (χ0v) is 8.56. The van der Waals surface area contributed by atoms with Crippen LogP contribution in [0.5, 0.6) is 0 Å². The molecule has 0 N–H and O–H groups in total. The van der Waals surface area contributed by atoms with E-state index in [4.69, 9.17) is 0 Å². The summed E-state index contributed by atoms with van der Waals surface area (Å²) in [6.45, 7) is 3.69. The number of urea groups is 1. The summed E-state index contributed by atoms with van der Waals surface area (Å²) >= 11 is 0. The van der Waals surface area contributed by atoms with Gasteiger partial charge in [0.1, 0.15) is 12.3 Å². The summed E-state index contributed by atoms with van der Waals surface area (Å²) in [4.78, 5) is 35.8. The van der Waals surface area contributed by atoms with Gasteiger partial charge in [0.15, 0.2) is 0 Å². The second-order valence-electron chi connectivity index (χ2n) is 3.69. The van der Waals surface area contributed by atoms with Crippen molar-refractivity contribution in [2.24, 2.45) is 5.92 Å². The van der Waals surface area contributed by atoms with Gasteiger partial charge >= 0.3 is 6.03 Å². The molecule has 0 aromatic rings. The molecule has 1 fully saturated rings.